The molecule has 0 aromatic carbocycles. The van der Waals surface area contributed by atoms with Crippen LogP contribution in [0.2, 0.25) is 0 Å². The fourth-order valence-corrected chi connectivity index (χ4v) is 3.57. The lowest BCUT2D eigenvalue weighted by atomic mass is 9.61. The van der Waals surface area contributed by atoms with Gasteiger partial charge in [-0.2, -0.15) is 0 Å². The van der Waals surface area contributed by atoms with Crippen LogP contribution in [0.3, 0.4) is 0 Å². The smallest absolute Gasteiger partial charge is 0.331 e. The largest absolute Gasteiger partial charge is 0.478 e. The predicted octanol–water partition coefficient (Wildman–Crippen LogP) is 3.93. The fourth-order valence-electron chi connectivity index (χ4n) is 3.57. The zero-order valence-electron chi connectivity index (χ0n) is 10.9. The third-order valence-corrected chi connectivity index (χ3v) is 4.79. The first-order valence-corrected chi connectivity index (χ1v) is 6.55. The van der Waals surface area contributed by atoms with Crippen LogP contribution in [-0.2, 0) is 4.79 Å². The van der Waals surface area contributed by atoms with Gasteiger partial charge in [-0.1, -0.05) is 24.6 Å². The van der Waals surface area contributed by atoms with Gasteiger partial charge in [0.2, 0.25) is 0 Å². The van der Waals surface area contributed by atoms with E-state index in [1.165, 1.54) is 30.4 Å². The Balaban J connectivity index is 2.22. The molecule has 1 fully saturated rings. The van der Waals surface area contributed by atoms with Gasteiger partial charge in [0.05, 0.1) is 0 Å². The average molecular weight is 234 g/mol. The molecule has 0 amide bonds. The molecule has 0 bridgehead atoms. The molecular formula is C15H22O2. The Hall–Kier alpha value is -1.05. The SMILES string of the molecule is C=C(C(=O)O)C1CC[C@@]2(C)CCCC(C)=C2C1. The lowest BCUT2D eigenvalue weighted by Crippen LogP contribution is -2.32. The molecule has 0 heterocycles. The summed E-state index contributed by atoms with van der Waals surface area (Å²) in [6.07, 6.45) is 6.78. The topological polar surface area (TPSA) is 37.3 Å². The number of fused-ring (bicyclic) bond motifs is 1. The van der Waals surface area contributed by atoms with Crippen molar-refractivity contribution < 1.29 is 9.90 Å². The second kappa shape index (κ2) is 4.32. The van der Waals surface area contributed by atoms with Gasteiger partial charge in [-0.05, 0) is 56.8 Å². The third-order valence-electron chi connectivity index (χ3n) is 4.79. The summed E-state index contributed by atoms with van der Waals surface area (Å²) < 4.78 is 0. The molecule has 0 saturated heterocycles. The van der Waals surface area contributed by atoms with Crippen LogP contribution in [0.25, 0.3) is 0 Å². The van der Waals surface area contributed by atoms with Crippen LogP contribution in [0.1, 0.15) is 52.4 Å². The summed E-state index contributed by atoms with van der Waals surface area (Å²) in [4.78, 5) is 11.0. The van der Waals surface area contributed by atoms with E-state index < -0.39 is 5.97 Å². The summed E-state index contributed by atoms with van der Waals surface area (Å²) in [5.74, 6) is -0.670. The molecule has 0 radical (unpaired) electrons. The summed E-state index contributed by atoms with van der Waals surface area (Å²) in [6.45, 7) is 8.31. The van der Waals surface area contributed by atoms with Gasteiger partial charge in [-0.25, -0.2) is 4.79 Å². The molecule has 1 saturated carbocycles. The highest BCUT2D eigenvalue weighted by Crippen LogP contribution is 2.51. The Morgan fingerprint density at radius 1 is 1.47 bits per heavy atom. The molecule has 2 atom stereocenters. The predicted molar refractivity (Wildman–Crippen MR) is 68.8 cm³/mol. The summed E-state index contributed by atoms with van der Waals surface area (Å²) in [6, 6.07) is 0. The van der Waals surface area contributed by atoms with Gasteiger partial charge in [-0.3, -0.25) is 0 Å². The number of rotatable bonds is 2. The van der Waals surface area contributed by atoms with E-state index >= 15 is 0 Å². The van der Waals surface area contributed by atoms with Crippen molar-refractivity contribution in [2.45, 2.75) is 52.4 Å². The molecule has 0 spiro atoms. The lowest BCUT2D eigenvalue weighted by molar-refractivity contribution is -0.133. The number of allylic oxidation sites excluding steroid dienone is 2. The molecule has 2 heteroatoms. The number of carboxylic acid groups (broad SMARTS) is 1. The number of carboxylic acids is 1. The minimum Gasteiger partial charge on any atom is -0.478 e. The highest BCUT2D eigenvalue weighted by molar-refractivity contribution is 5.86. The lowest BCUT2D eigenvalue weighted by Gasteiger charge is -2.44. The second-order valence-electron chi connectivity index (χ2n) is 5.94. The minimum absolute atomic E-state index is 0.156. The summed E-state index contributed by atoms with van der Waals surface area (Å²) in [5.41, 5.74) is 3.78. The van der Waals surface area contributed by atoms with E-state index in [0.717, 1.165) is 19.3 Å². The van der Waals surface area contributed by atoms with Gasteiger partial charge >= 0.3 is 5.97 Å². The Bertz CT molecular complexity index is 392. The first kappa shape index (κ1) is 12.4. The van der Waals surface area contributed by atoms with Gasteiger partial charge in [0, 0.05) is 5.57 Å². The maximum absolute atomic E-state index is 11.0. The molecule has 2 aliphatic carbocycles. The van der Waals surface area contributed by atoms with E-state index in [9.17, 15) is 4.79 Å². The van der Waals surface area contributed by atoms with Gasteiger partial charge in [0.1, 0.15) is 0 Å². The number of hydrogen-bond donors (Lipinski definition) is 1. The van der Waals surface area contributed by atoms with Crippen molar-refractivity contribution in [2.75, 3.05) is 0 Å². The van der Waals surface area contributed by atoms with Crippen LogP contribution in [0.15, 0.2) is 23.3 Å². The van der Waals surface area contributed by atoms with Gasteiger partial charge in [0.25, 0.3) is 0 Å². The van der Waals surface area contributed by atoms with Crippen molar-refractivity contribution in [1.82, 2.24) is 0 Å². The van der Waals surface area contributed by atoms with Crippen LogP contribution in [0, 0.1) is 11.3 Å². The molecule has 2 aliphatic rings. The molecule has 2 nitrogen and oxygen atoms in total. The molecule has 94 valence electrons. The van der Waals surface area contributed by atoms with Crippen LogP contribution in [0.5, 0.6) is 0 Å². The Morgan fingerprint density at radius 2 is 2.18 bits per heavy atom. The van der Waals surface area contributed by atoms with Crippen LogP contribution in [-0.4, -0.2) is 11.1 Å². The maximum Gasteiger partial charge on any atom is 0.331 e. The van der Waals surface area contributed by atoms with Gasteiger partial charge < -0.3 is 5.11 Å². The minimum atomic E-state index is -0.826. The van der Waals surface area contributed by atoms with E-state index in [1.807, 2.05) is 0 Å². The van der Waals surface area contributed by atoms with Crippen molar-refractivity contribution in [1.29, 1.82) is 0 Å². The molecule has 0 aliphatic heterocycles. The highest BCUT2D eigenvalue weighted by Gasteiger charge is 2.39. The fraction of sp³-hybridized carbons (Fsp3) is 0.667. The normalized spacial score (nSPS) is 33.2. The Morgan fingerprint density at radius 3 is 2.82 bits per heavy atom. The quantitative estimate of drug-likeness (QED) is 0.580. The maximum atomic E-state index is 11.0. The molecule has 1 N–H and O–H groups in total. The average Bonchev–Trinajstić information content (AvgIpc) is 2.27. The van der Waals surface area contributed by atoms with Crippen molar-refractivity contribution in [2.24, 2.45) is 11.3 Å². The summed E-state index contributed by atoms with van der Waals surface area (Å²) in [7, 11) is 0. The number of hydrogen-bond acceptors (Lipinski definition) is 1. The van der Waals surface area contributed by atoms with Gasteiger partial charge in [-0.15, -0.1) is 0 Å². The first-order valence-electron chi connectivity index (χ1n) is 6.55. The molecule has 17 heavy (non-hydrogen) atoms. The molecular weight excluding hydrogens is 212 g/mol. The monoisotopic (exact) mass is 234 g/mol. The molecule has 1 unspecified atom stereocenters. The first-order chi connectivity index (χ1) is 7.94. The van der Waals surface area contributed by atoms with Crippen LogP contribution < -0.4 is 0 Å². The van der Waals surface area contributed by atoms with E-state index in [0.29, 0.717) is 11.0 Å². The Kier molecular flexibility index (Phi) is 3.15. The van der Waals surface area contributed by atoms with E-state index in [2.05, 4.69) is 20.4 Å². The zero-order chi connectivity index (χ0) is 12.6. The van der Waals surface area contributed by atoms with Gasteiger partial charge in [0.15, 0.2) is 0 Å². The van der Waals surface area contributed by atoms with Crippen molar-refractivity contribution in [3.05, 3.63) is 23.3 Å². The standard InChI is InChI=1S/C15H22O2/c1-10-5-4-7-15(3)8-6-12(9-13(10)15)11(2)14(16)17/h12H,2,4-9H2,1,3H3,(H,16,17)/t12?,15-/m1/s1. The van der Waals surface area contributed by atoms with Crippen LogP contribution >= 0.6 is 0 Å². The summed E-state index contributed by atoms with van der Waals surface area (Å²) in [5, 5.41) is 9.04. The van der Waals surface area contributed by atoms with E-state index in [-0.39, 0.29) is 5.92 Å². The van der Waals surface area contributed by atoms with E-state index in [1.54, 1.807) is 0 Å². The number of aliphatic carboxylic acids is 1. The zero-order valence-corrected chi connectivity index (χ0v) is 10.9. The molecule has 0 aromatic rings. The van der Waals surface area contributed by atoms with Crippen LogP contribution in [0.4, 0.5) is 0 Å². The van der Waals surface area contributed by atoms with E-state index in [4.69, 9.17) is 5.11 Å². The summed E-state index contributed by atoms with van der Waals surface area (Å²) >= 11 is 0. The van der Waals surface area contributed by atoms with Crippen molar-refractivity contribution in [3.8, 4) is 0 Å². The second-order valence-corrected chi connectivity index (χ2v) is 5.94. The van der Waals surface area contributed by atoms with Crippen molar-refractivity contribution >= 4 is 5.97 Å². The third kappa shape index (κ3) is 2.18. The molecule has 2 rings (SSSR count). The number of carbonyl (C=O) groups is 1. The van der Waals surface area contributed by atoms with Crippen molar-refractivity contribution in [3.63, 3.8) is 0 Å². The molecule has 0 aromatic heterocycles. The Labute approximate surface area is 103 Å². The highest BCUT2D eigenvalue weighted by atomic mass is 16.4.